The number of benzene rings is 5. The average molecular weight is 521 g/mol. The molecule has 0 aliphatic carbocycles. The normalized spacial score (nSPS) is 12.2. The zero-order chi connectivity index (χ0) is 27.6. The van der Waals surface area contributed by atoms with Crippen molar-refractivity contribution in [3.8, 4) is 22.4 Å². The molecule has 196 valence electrons. The standard InChI is InChI=1S/C38H34NO/c1-24-17-18-32-30-15-10-16-31(33-22-26-11-6-7-12-27(26)28-13-8-9-14-29(28)33)36(30)40-37(32)35(24)34-21-25(19-20-39(34)5)23-38(2,3)4/h6-22H,23H2,1-5H3/q+1. The Morgan fingerprint density at radius 2 is 1.35 bits per heavy atom. The van der Waals surface area contributed by atoms with Crippen LogP contribution in [-0.4, -0.2) is 0 Å². The monoisotopic (exact) mass is 520 g/mol. The number of nitrogens with zero attached hydrogens (tertiary/aromatic N) is 1. The smallest absolute Gasteiger partial charge is 0.216 e. The third-order valence-corrected chi connectivity index (χ3v) is 8.14. The SMILES string of the molecule is Cc1ccc2c(oc3c(-c4cc5ccccc5c5ccccc45)cccc32)c1-c1cc(CC(C)(C)C)cc[n+]1C. The van der Waals surface area contributed by atoms with Gasteiger partial charge in [0.15, 0.2) is 6.20 Å². The average Bonchev–Trinajstić information content (AvgIpc) is 3.32. The van der Waals surface area contributed by atoms with Crippen molar-refractivity contribution < 1.29 is 8.98 Å². The molecule has 0 aliphatic rings. The number of fused-ring (bicyclic) bond motifs is 6. The fourth-order valence-corrected chi connectivity index (χ4v) is 6.35. The van der Waals surface area contributed by atoms with Crippen LogP contribution in [0.4, 0.5) is 0 Å². The maximum absolute atomic E-state index is 6.95. The van der Waals surface area contributed by atoms with E-state index in [1.807, 2.05) is 0 Å². The van der Waals surface area contributed by atoms with E-state index in [-0.39, 0.29) is 5.41 Å². The number of furan rings is 1. The number of hydrogen-bond acceptors (Lipinski definition) is 1. The van der Waals surface area contributed by atoms with Crippen molar-refractivity contribution in [3.05, 3.63) is 114 Å². The molecule has 2 nitrogen and oxygen atoms in total. The van der Waals surface area contributed by atoms with Gasteiger partial charge in [-0.05, 0) is 63.1 Å². The molecule has 0 spiro atoms. The molecule has 2 aromatic heterocycles. The summed E-state index contributed by atoms with van der Waals surface area (Å²) in [6.45, 7) is 9.07. The maximum Gasteiger partial charge on any atom is 0.216 e. The second-order valence-electron chi connectivity index (χ2n) is 12.4. The highest BCUT2D eigenvalue weighted by Gasteiger charge is 2.23. The molecule has 0 saturated heterocycles. The van der Waals surface area contributed by atoms with Gasteiger partial charge in [0.25, 0.3) is 0 Å². The lowest BCUT2D eigenvalue weighted by Gasteiger charge is -2.18. The molecule has 0 aliphatic heterocycles. The van der Waals surface area contributed by atoms with Gasteiger partial charge in [-0.3, -0.25) is 0 Å². The van der Waals surface area contributed by atoms with E-state index >= 15 is 0 Å². The van der Waals surface area contributed by atoms with Crippen molar-refractivity contribution in [2.75, 3.05) is 0 Å². The highest BCUT2D eigenvalue weighted by atomic mass is 16.3. The van der Waals surface area contributed by atoms with Gasteiger partial charge in [-0.25, -0.2) is 4.57 Å². The summed E-state index contributed by atoms with van der Waals surface area (Å²) >= 11 is 0. The minimum atomic E-state index is 0.217. The van der Waals surface area contributed by atoms with Crippen LogP contribution in [0.5, 0.6) is 0 Å². The van der Waals surface area contributed by atoms with Crippen molar-refractivity contribution in [1.29, 1.82) is 0 Å². The minimum absolute atomic E-state index is 0.217. The van der Waals surface area contributed by atoms with Crippen LogP contribution in [-0.2, 0) is 13.5 Å². The summed E-state index contributed by atoms with van der Waals surface area (Å²) in [5.74, 6) is 0. The first kappa shape index (κ1) is 24.6. The van der Waals surface area contributed by atoms with Gasteiger partial charge in [0.1, 0.15) is 18.2 Å². The van der Waals surface area contributed by atoms with Crippen LogP contribution in [0.3, 0.4) is 0 Å². The Morgan fingerprint density at radius 1 is 0.650 bits per heavy atom. The molecule has 0 atom stereocenters. The number of pyridine rings is 1. The van der Waals surface area contributed by atoms with E-state index in [0.29, 0.717) is 0 Å². The topological polar surface area (TPSA) is 17.0 Å². The number of rotatable bonds is 3. The molecule has 7 aromatic rings. The first-order chi connectivity index (χ1) is 19.3. The fraction of sp³-hybridized carbons (Fsp3) is 0.184. The Hall–Kier alpha value is -4.43. The van der Waals surface area contributed by atoms with Crippen molar-refractivity contribution in [2.45, 2.75) is 34.1 Å². The van der Waals surface area contributed by atoms with Gasteiger partial charge in [-0.2, -0.15) is 0 Å². The summed E-state index contributed by atoms with van der Waals surface area (Å²) in [4.78, 5) is 0. The summed E-state index contributed by atoms with van der Waals surface area (Å²) < 4.78 is 9.17. The Morgan fingerprint density at radius 3 is 2.15 bits per heavy atom. The number of aromatic nitrogens is 1. The van der Waals surface area contributed by atoms with Gasteiger partial charge in [-0.15, -0.1) is 0 Å². The van der Waals surface area contributed by atoms with Gasteiger partial charge in [0.2, 0.25) is 5.69 Å². The molecule has 0 amide bonds. The molecule has 0 fully saturated rings. The Bertz CT molecular complexity index is 2090. The molecule has 0 unspecified atom stereocenters. The molecule has 7 rings (SSSR count). The fourth-order valence-electron chi connectivity index (χ4n) is 6.35. The van der Waals surface area contributed by atoms with Crippen molar-refractivity contribution >= 4 is 43.5 Å². The van der Waals surface area contributed by atoms with Gasteiger partial charge in [0.05, 0.1) is 5.56 Å². The van der Waals surface area contributed by atoms with Gasteiger partial charge in [-0.1, -0.05) is 99.6 Å². The summed E-state index contributed by atoms with van der Waals surface area (Å²) in [7, 11) is 2.13. The number of aryl methyl sites for hydroxylation is 2. The largest absolute Gasteiger partial charge is 0.454 e. The van der Waals surface area contributed by atoms with Crippen LogP contribution in [0.2, 0.25) is 0 Å². The predicted octanol–water partition coefficient (Wildman–Crippen LogP) is 9.95. The molecule has 0 radical (unpaired) electrons. The third-order valence-electron chi connectivity index (χ3n) is 8.14. The van der Waals surface area contributed by atoms with Crippen molar-refractivity contribution in [1.82, 2.24) is 0 Å². The summed E-state index contributed by atoms with van der Waals surface area (Å²) in [5, 5.41) is 7.33. The summed E-state index contributed by atoms with van der Waals surface area (Å²) in [6.07, 6.45) is 3.21. The summed E-state index contributed by atoms with van der Waals surface area (Å²) in [6, 6.07) is 35.3. The number of para-hydroxylation sites is 1. The third kappa shape index (κ3) is 3.98. The lowest BCUT2D eigenvalue weighted by molar-refractivity contribution is -0.660. The molecule has 2 heterocycles. The zero-order valence-electron chi connectivity index (χ0n) is 23.9. The molecular weight excluding hydrogens is 486 g/mol. The molecule has 40 heavy (non-hydrogen) atoms. The Kier molecular flexibility index (Phi) is 5.57. The predicted molar refractivity (Wildman–Crippen MR) is 169 cm³/mol. The highest BCUT2D eigenvalue weighted by Crippen LogP contribution is 2.43. The first-order valence-corrected chi connectivity index (χ1v) is 14.1. The van der Waals surface area contributed by atoms with Gasteiger partial charge >= 0.3 is 0 Å². The number of hydrogen-bond donors (Lipinski definition) is 0. The molecule has 0 saturated carbocycles. The van der Waals surface area contributed by atoms with Crippen molar-refractivity contribution in [2.24, 2.45) is 12.5 Å². The van der Waals surface area contributed by atoms with Crippen LogP contribution >= 0.6 is 0 Å². The van der Waals surface area contributed by atoms with E-state index in [1.165, 1.54) is 49.5 Å². The van der Waals surface area contributed by atoms with E-state index in [2.05, 4.69) is 143 Å². The lowest BCUT2D eigenvalue weighted by atomic mass is 9.87. The van der Waals surface area contributed by atoms with Crippen molar-refractivity contribution in [3.63, 3.8) is 0 Å². The second-order valence-corrected chi connectivity index (χ2v) is 12.4. The van der Waals surface area contributed by atoms with Crippen LogP contribution in [0.25, 0.3) is 65.9 Å². The maximum atomic E-state index is 6.95. The molecular formula is C38H34NO+. The summed E-state index contributed by atoms with van der Waals surface area (Å²) in [5.41, 5.74) is 9.36. The molecule has 0 bridgehead atoms. The van der Waals surface area contributed by atoms with E-state index in [9.17, 15) is 0 Å². The van der Waals surface area contributed by atoms with E-state index in [1.54, 1.807) is 0 Å². The van der Waals surface area contributed by atoms with Crippen LogP contribution in [0.1, 0.15) is 31.9 Å². The Labute approximate surface area is 235 Å². The minimum Gasteiger partial charge on any atom is -0.454 e. The van der Waals surface area contributed by atoms with E-state index < -0.39 is 0 Å². The quantitative estimate of drug-likeness (QED) is 0.167. The van der Waals surface area contributed by atoms with E-state index in [0.717, 1.165) is 33.9 Å². The van der Waals surface area contributed by atoms with E-state index in [4.69, 9.17) is 4.42 Å². The highest BCUT2D eigenvalue weighted by molar-refractivity contribution is 6.18. The molecule has 0 N–H and O–H groups in total. The van der Waals surface area contributed by atoms with Crippen LogP contribution in [0.15, 0.2) is 108 Å². The first-order valence-electron chi connectivity index (χ1n) is 14.1. The Balaban J connectivity index is 1.52. The molecule has 2 heteroatoms. The van der Waals surface area contributed by atoms with Gasteiger partial charge in [0, 0.05) is 28.5 Å². The zero-order valence-corrected chi connectivity index (χ0v) is 23.9. The van der Waals surface area contributed by atoms with Gasteiger partial charge < -0.3 is 4.42 Å². The molecule has 5 aromatic carbocycles. The van der Waals surface area contributed by atoms with Crippen LogP contribution in [0, 0.1) is 12.3 Å². The lowest BCUT2D eigenvalue weighted by Crippen LogP contribution is -2.31. The van der Waals surface area contributed by atoms with Crippen LogP contribution < -0.4 is 4.57 Å². The second kappa shape index (κ2) is 9.06.